The van der Waals surface area contributed by atoms with Gasteiger partial charge < -0.3 is 15.2 Å². The highest BCUT2D eigenvalue weighted by atomic mass is 16.1. The molecule has 6 nitrogen and oxygen atoms in total. The number of likely N-dealkylation sites (N-methyl/N-ethyl adjacent to an activating group) is 1. The minimum absolute atomic E-state index is 0.118. The van der Waals surface area contributed by atoms with E-state index in [2.05, 4.69) is 59.3 Å². The van der Waals surface area contributed by atoms with Crippen molar-refractivity contribution in [3.8, 4) is 0 Å². The van der Waals surface area contributed by atoms with Gasteiger partial charge in [0.2, 0.25) is 0 Å². The Morgan fingerprint density at radius 2 is 1.74 bits per heavy atom. The van der Waals surface area contributed by atoms with E-state index < -0.39 is 0 Å². The minimum Gasteiger partial charge on any atom is -0.376 e. The van der Waals surface area contributed by atoms with E-state index in [1.54, 1.807) is 0 Å². The van der Waals surface area contributed by atoms with Gasteiger partial charge in [-0.25, -0.2) is 0 Å². The molecular weight excluding hydrogens is 424 g/mol. The largest absolute Gasteiger partial charge is 0.376 e. The molecule has 1 saturated carbocycles. The Morgan fingerprint density at radius 1 is 1.00 bits per heavy atom. The number of pyridine rings is 1. The van der Waals surface area contributed by atoms with Crippen molar-refractivity contribution in [3.63, 3.8) is 0 Å². The molecule has 0 saturated heterocycles. The topological polar surface area (TPSA) is 68.4 Å². The molecule has 6 heteroatoms. The van der Waals surface area contributed by atoms with Crippen molar-refractivity contribution in [2.24, 2.45) is 0 Å². The maximum Gasteiger partial charge on any atom is 0.271 e. The number of hydrogen-bond donors (Lipinski definition) is 2. The molecule has 0 spiro atoms. The highest BCUT2D eigenvalue weighted by Gasteiger charge is 2.33. The summed E-state index contributed by atoms with van der Waals surface area (Å²) in [7, 11) is 4.37. The third-order valence-electron chi connectivity index (χ3n) is 7.83. The van der Waals surface area contributed by atoms with E-state index >= 15 is 0 Å². The molecule has 1 unspecified atom stereocenters. The lowest BCUT2D eigenvalue weighted by Gasteiger charge is -2.43. The van der Waals surface area contributed by atoms with Gasteiger partial charge in [0, 0.05) is 42.4 Å². The maximum absolute atomic E-state index is 13.1. The molecule has 2 heterocycles. The van der Waals surface area contributed by atoms with Gasteiger partial charge in [0.15, 0.2) is 5.78 Å². The summed E-state index contributed by atoms with van der Waals surface area (Å²) in [6, 6.07) is 3.39. The average molecular weight is 465 g/mol. The molecular formula is C28H40N4O2. The van der Waals surface area contributed by atoms with E-state index in [9.17, 15) is 9.59 Å². The van der Waals surface area contributed by atoms with Gasteiger partial charge in [-0.3, -0.25) is 14.5 Å². The molecule has 1 fully saturated rings. The van der Waals surface area contributed by atoms with Gasteiger partial charge in [-0.2, -0.15) is 0 Å². The maximum atomic E-state index is 13.1. The summed E-state index contributed by atoms with van der Waals surface area (Å²) in [5.74, 6) is 0.163. The van der Waals surface area contributed by atoms with E-state index in [1.807, 2.05) is 19.1 Å². The Labute approximate surface area is 203 Å². The van der Waals surface area contributed by atoms with Crippen LogP contribution in [0, 0.1) is 6.92 Å². The van der Waals surface area contributed by atoms with Gasteiger partial charge in [-0.05, 0) is 83.3 Å². The number of H-pyrrole nitrogens is 1. The highest BCUT2D eigenvalue weighted by molar-refractivity contribution is 5.99. The van der Waals surface area contributed by atoms with E-state index in [1.165, 1.54) is 25.7 Å². The van der Waals surface area contributed by atoms with Crippen LogP contribution >= 0.6 is 0 Å². The molecule has 0 aromatic carbocycles. The number of carbonyl (C=O) groups is 1. The average Bonchev–Trinajstić information content (AvgIpc) is 2.84. The Bertz CT molecular complexity index is 1040. The first-order valence-electron chi connectivity index (χ1n) is 12.9. The smallest absolute Gasteiger partial charge is 0.271 e. The zero-order valence-corrected chi connectivity index (χ0v) is 21.2. The lowest BCUT2D eigenvalue weighted by molar-refractivity contribution is -0.115. The van der Waals surface area contributed by atoms with Crippen LogP contribution in [0.3, 0.4) is 0 Å². The first kappa shape index (κ1) is 24.7. The number of ketones is 1. The van der Waals surface area contributed by atoms with Crippen LogP contribution in [-0.2, 0) is 11.2 Å². The van der Waals surface area contributed by atoms with Crippen LogP contribution in [0.1, 0.15) is 56.7 Å². The molecule has 2 N–H and O–H groups in total. The van der Waals surface area contributed by atoms with Crippen LogP contribution in [-0.4, -0.2) is 65.9 Å². The molecule has 2 aliphatic carbocycles. The van der Waals surface area contributed by atoms with Crippen molar-refractivity contribution in [2.75, 3.05) is 32.5 Å². The van der Waals surface area contributed by atoms with Crippen LogP contribution in [0.5, 0.6) is 0 Å². The van der Waals surface area contributed by atoms with Crippen molar-refractivity contribution in [3.05, 3.63) is 63.1 Å². The summed E-state index contributed by atoms with van der Waals surface area (Å²) >= 11 is 0. The molecule has 1 aliphatic heterocycles. The summed E-state index contributed by atoms with van der Waals surface area (Å²) in [5.41, 5.74) is 4.25. The molecule has 184 valence electrons. The van der Waals surface area contributed by atoms with Crippen LogP contribution in [0.4, 0.5) is 5.69 Å². The number of aryl methyl sites for hydroxylation is 1. The molecule has 0 radical (unpaired) electrons. The highest BCUT2D eigenvalue weighted by Crippen LogP contribution is 2.32. The predicted octanol–water partition coefficient (Wildman–Crippen LogP) is 3.99. The molecule has 1 atom stereocenters. The number of rotatable bonds is 4. The Balaban J connectivity index is 1.68. The fourth-order valence-electron chi connectivity index (χ4n) is 5.99. The fraction of sp³-hybridized carbons (Fsp3) is 0.571. The number of hydrogen-bond acceptors (Lipinski definition) is 5. The fourth-order valence-corrected chi connectivity index (χ4v) is 5.99. The number of Topliss-reactive ketones (excluding diaryl/α,β-unsaturated/α-hetero) is 1. The Hall–Kier alpha value is -2.44. The Morgan fingerprint density at radius 3 is 2.44 bits per heavy atom. The Kier molecular flexibility index (Phi) is 7.89. The van der Waals surface area contributed by atoms with Gasteiger partial charge in [-0.1, -0.05) is 31.2 Å². The molecule has 34 heavy (non-hydrogen) atoms. The lowest BCUT2D eigenvalue weighted by atomic mass is 9.85. The number of carbonyl (C=O) groups excluding carboxylic acids is 1. The second-order valence-electron chi connectivity index (χ2n) is 10.2. The van der Waals surface area contributed by atoms with Crippen molar-refractivity contribution in [2.45, 2.75) is 76.9 Å². The minimum atomic E-state index is -0.118. The van der Waals surface area contributed by atoms with Crippen molar-refractivity contribution >= 4 is 11.5 Å². The van der Waals surface area contributed by atoms with Crippen molar-refractivity contribution < 1.29 is 4.79 Å². The van der Waals surface area contributed by atoms with Crippen LogP contribution in [0.2, 0.25) is 0 Å². The lowest BCUT2D eigenvalue weighted by Crippen LogP contribution is -2.48. The molecule has 0 amide bonds. The summed E-state index contributed by atoms with van der Waals surface area (Å²) in [6.45, 7) is 5.50. The van der Waals surface area contributed by atoms with Gasteiger partial charge in [0.25, 0.3) is 5.56 Å². The first-order valence-corrected chi connectivity index (χ1v) is 12.9. The van der Waals surface area contributed by atoms with Crippen LogP contribution < -0.4 is 10.9 Å². The first-order chi connectivity index (χ1) is 16.4. The third kappa shape index (κ3) is 5.28. The molecule has 1 aromatic heterocycles. The number of fused-ring (bicyclic) bond motifs is 1. The normalized spacial score (nSPS) is 26.6. The van der Waals surface area contributed by atoms with Crippen molar-refractivity contribution in [1.29, 1.82) is 0 Å². The second kappa shape index (κ2) is 10.9. The summed E-state index contributed by atoms with van der Waals surface area (Å²) in [4.78, 5) is 33.7. The van der Waals surface area contributed by atoms with Gasteiger partial charge >= 0.3 is 0 Å². The number of allylic oxidation sites excluding steroid dienone is 2. The van der Waals surface area contributed by atoms with E-state index in [-0.39, 0.29) is 17.4 Å². The SMILES string of the molecule is CCN(C1C/C=C\Cc2cc(C)[nH]c(=O)c2NCC2=C1C=CCC2=O)[C@H]1CC[C@H](N(C)C)CC1. The number of nitrogens with one attached hydrogen (secondary N) is 2. The third-order valence-corrected chi connectivity index (χ3v) is 7.83. The van der Waals surface area contributed by atoms with Crippen LogP contribution in [0.15, 0.2) is 46.3 Å². The van der Waals surface area contributed by atoms with Gasteiger partial charge in [-0.15, -0.1) is 0 Å². The molecule has 3 aliphatic rings. The summed E-state index contributed by atoms with van der Waals surface area (Å²) in [6.07, 6.45) is 15.4. The van der Waals surface area contributed by atoms with E-state index in [0.29, 0.717) is 37.2 Å². The van der Waals surface area contributed by atoms with Crippen molar-refractivity contribution in [1.82, 2.24) is 14.8 Å². The van der Waals surface area contributed by atoms with E-state index in [0.717, 1.165) is 35.4 Å². The predicted molar refractivity (Wildman–Crippen MR) is 139 cm³/mol. The van der Waals surface area contributed by atoms with Gasteiger partial charge in [0.1, 0.15) is 5.69 Å². The molecule has 4 rings (SSSR count). The molecule has 0 bridgehead atoms. The standard InChI is InChI=1S/C28H40N4O2/c1-5-32(22-15-13-21(14-16-22)31(3)4)25-11-7-6-9-20-17-19(2)30-28(34)27(20)29-18-24-23(25)10-8-12-26(24)33/h6-8,10,17,21-22,25,29H,5,9,11-16,18H2,1-4H3,(H,30,34)/b7-6-/t21-,22-,25?. The zero-order chi connectivity index (χ0) is 24.2. The molecule has 1 aromatic rings. The number of anilines is 1. The monoisotopic (exact) mass is 464 g/mol. The summed E-state index contributed by atoms with van der Waals surface area (Å²) in [5, 5.41) is 3.35. The van der Waals surface area contributed by atoms with E-state index in [4.69, 9.17) is 0 Å². The number of nitrogens with zero attached hydrogens (tertiary/aromatic N) is 2. The van der Waals surface area contributed by atoms with Gasteiger partial charge in [0.05, 0.1) is 0 Å². The number of aromatic amines is 1. The zero-order valence-electron chi connectivity index (χ0n) is 21.2. The summed E-state index contributed by atoms with van der Waals surface area (Å²) < 4.78 is 0. The van der Waals surface area contributed by atoms with Crippen LogP contribution in [0.25, 0.3) is 0 Å². The second-order valence-corrected chi connectivity index (χ2v) is 10.2. The number of aromatic nitrogens is 1. The quantitative estimate of drug-likeness (QED) is 0.660.